The SMILES string of the molecule is O=C1CCC[C@@H]1[C@@H](Nc1ccccc1)c1ccccc1. The minimum Gasteiger partial charge on any atom is -0.378 e. The van der Waals surface area contributed by atoms with E-state index < -0.39 is 0 Å². The molecule has 1 aliphatic rings. The summed E-state index contributed by atoms with van der Waals surface area (Å²) in [5.41, 5.74) is 2.26. The Morgan fingerprint density at radius 1 is 0.950 bits per heavy atom. The van der Waals surface area contributed by atoms with Crippen LogP contribution in [0.1, 0.15) is 30.9 Å². The number of benzene rings is 2. The Hall–Kier alpha value is -2.09. The maximum absolute atomic E-state index is 12.1. The number of hydrogen-bond donors (Lipinski definition) is 1. The first-order valence-corrected chi connectivity index (χ1v) is 7.24. The van der Waals surface area contributed by atoms with Crippen LogP contribution < -0.4 is 5.32 Å². The lowest BCUT2D eigenvalue weighted by molar-refractivity contribution is -0.121. The van der Waals surface area contributed by atoms with Crippen molar-refractivity contribution in [2.75, 3.05) is 5.32 Å². The second-order valence-corrected chi connectivity index (χ2v) is 5.36. The van der Waals surface area contributed by atoms with Crippen LogP contribution in [-0.4, -0.2) is 5.78 Å². The molecule has 2 heteroatoms. The third-order valence-corrected chi connectivity index (χ3v) is 4.01. The van der Waals surface area contributed by atoms with Crippen molar-refractivity contribution < 1.29 is 4.79 Å². The number of anilines is 1. The number of Topliss-reactive ketones (excluding diaryl/α,β-unsaturated/α-hetero) is 1. The molecule has 1 aliphatic carbocycles. The molecule has 102 valence electrons. The van der Waals surface area contributed by atoms with E-state index in [-0.39, 0.29) is 12.0 Å². The van der Waals surface area contributed by atoms with Crippen molar-refractivity contribution in [3.63, 3.8) is 0 Å². The average molecular weight is 265 g/mol. The highest BCUT2D eigenvalue weighted by molar-refractivity contribution is 5.84. The zero-order valence-corrected chi connectivity index (χ0v) is 11.5. The second kappa shape index (κ2) is 5.91. The Bertz CT molecular complexity index is 564. The maximum Gasteiger partial charge on any atom is 0.138 e. The van der Waals surface area contributed by atoms with Gasteiger partial charge in [-0.15, -0.1) is 0 Å². The highest BCUT2D eigenvalue weighted by Gasteiger charge is 2.32. The van der Waals surface area contributed by atoms with Gasteiger partial charge >= 0.3 is 0 Å². The van der Waals surface area contributed by atoms with E-state index in [4.69, 9.17) is 0 Å². The summed E-state index contributed by atoms with van der Waals surface area (Å²) >= 11 is 0. The van der Waals surface area contributed by atoms with E-state index in [2.05, 4.69) is 29.6 Å². The average Bonchev–Trinajstić information content (AvgIpc) is 2.93. The Morgan fingerprint density at radius 2 is 1.60 bits per heavy atom. The van der Waals surface area contributed by atoms with Crippen LogP contribution in [0.15, 0.2) is 60.7 Å². The molecule has 0 spiro atoms. The number of para-hydroxylation sites is 1. The van der Waals surface area contributed by atoms with Crippen LogP contribution in [-0.2, 0) is 4.79 Å². The summed E-state index contributed by atoms with van der Waals surface area (Å²) in [5, 5.41) is 3.55. The molecular formula is C18H19NO. The zero-order valence-electron chi connectivity index (χ0n) is 11.5. The predicted molar refractivity (Wildman–Crippen MR) is 81.6 cm³/mol. The van der Waals surface area contributed by atoms with Crippen LogP contribution in [0.3, 0.4) is 0 Å². The molecule has 0 saturated heterocycles. The van der Waals surface area contributed by atoms with Crippen molar-refractivity contribution in [1.29, 1.82) is 0 Å². The van der Waals surface area contributed by atoms with Gasteiger partial charge in [-0.1, -0.05) is 48.5 Å². The molecule has 3 rings (SSSR count). The quantitative estimate of drug-likeness (QED) is 0.897. The summed E-state index contributed by atoms with van der Waals surface area (Å²) in [6.07, 6.45) is 2.73. The van der Waals surface area contributed by atoms with E-state index in [0.29, 0.717) is 5.78 Å². The van der Waals surface area contributed by atoms with Gasteiger partial charge in [0.25, 0.3) is 0 Å². The Labute approximate surface area is 119 Å². The van der Waals surface area contributed by atoms with Crippen molar-refractivity contribution in [2.45, 2.75) is 25.3 Å². The summed E-state index contributed by atoms with van der Waals surface area (Å²) in [6.45, 7) is 0. The molecule has 2 nitrogen and oxygen atoms in total. The van der Waals surface area contributed by atoms with Gasteiger partial charge in [0, 0.05) is 18.0 Å². The fourth-order valence-corrected chi connectivity index (χ4v) is 2.99. The summed E-state index contributed by atoms with van der Waals surface area (Å²) in [7, 11) is 0. The lowest BCUT2D eigenvalue weighted by Crippen LogP contribution is -2.24. The molecule has 0 radical (unpaired) electrons. The first kappa shape index (κ1) is 12.9. The van der Waals surface area contributed by atoms with Crippen molar-refractivity contribution in [2.24, 2.45) is 5.92 Å². The van der Waals surface area contributed by atoms with Crippen LogP contribution in [0.4, 0.5) is 5.69 Å². The van der Waals surface area contributed by atoms with Crippen LogP contribution in [0, 0.1) is 5.92 Å². The Kier molecular flexibility index (Phi) is 3.82. The molecule has 2 aromatic carbocycles. The molecule has 2 atom stereocenters. The molecule has 1 N–H and O–H groups in total. The second-order valence-electron chi connectivity index (χ2n) is 5.36. The first-order valence-electron chi connectivity index (χ1n) is 7.24. The summed E-state index contributed by atoms with van der Waals surface area (Å²) in [4.78, 5) is 12.1. The zero-order chi connectivity index (χ0) is 13.8. The topological polar surface area (TPSA) is 29.1 Å². The highest BCUT2D eigenvalue weighted by Crippen LogP contribution is 2.35. The molecule has 20 heavy (non-hydrogen) atoms. The molecule has 1 fully saturated rings. The van der Waals surface area contributed by atoms with E-state index in [1.54, 1.807) is 0 Å². The number of rotatable bonds is 4. The van der Waals surface area contributed by atoms with Gasteiger partial charge in [-0.3, -0.25) is 4.79 Å². The summed E-state index contributed by atoms with van der Waals surface area (Å²) < 4.78 is 0. The highest BCUT2D eigenvalue weighted by atomic mass is 16.1. The van der Waals surface area contributed by atoms with Gasteiger partial charge in [0.15, 0.2) is 0 Å². The molecule has 0 unspecified atom stereocenters. The fraction of sp³-hybridized carbons (Fsp3) is 0.278. The molecule has 0 bridgehead atoms. The lowest BCUT2D eigenvalue weighted by Gasteiger charge is -2.25. The monoisotopic (exact) mass is 265 g/mol. The van der Waals surface area contributed by atoms with E-state index in [0.717, 1.165) is 24.9 Å². The van der Waals surface area contributed by atoms with Crippen molar-refractivity contribution in [1.82, 2.24) is 0 Å². The predicted octanol–water partition coefficient (Wildman–Crippen LogP) is 4.21. The van der Waals surface area contributed by atoms with E-state index in [1.165, 1.54) is 5.56 Å². The lowest BCUT2D eigenvalue weighted by atomic mass is 9.90. The van der Waals surface area contributed by atoms with Gasteiger partial charge in [0.1, 0.15) is 5.78 Å². The molecular weight excluding hydrogens is 246 g/mol. The van der Waals surface area contributed by atoms with Crippen LogP contribution in [0.5, 0.6) is 0 Å². The number of ketones is 1. The van der Waals surface area contributed by atoms with Crippen LogP contribution in [0.25, 0.3) is 0 Å². The van der Waals surface area contributed by atoms with Gasteiger partial charge in [-0.2, -0.15) is 0 Å². The third-order valence-electron chi connectivity index (χ3n) is 4.01. The number of nitrogens with one attached hydrogen (secondary N) is 1. The Morgan fingerprint density at radius 3 is 2.20 bits per heavy atom. The standard InChI is InChI=1S/C18H19NO/c20-17-13-7-12-16(17)18(14-8-3-1-4-9-14)19-15-10-5-2-6-11-15/h1-6,8-11,16,18-19H,7,12-13H2/t16-,18-/m0/s1. The van der Waals surface area contributed by atoms with Crippen LogP contribution in [0.2, 0.25) is 0 Å². The normalized spacial score (nSPS) is 19.8. The van der Waals surface area contributed by atoms with Crippen molar-refractivity contribution in [3.05, 3.63) is 66.2 Å². The van der Waals surface area contributed by atoms with E-state index in [1.807, 2.05) is 36.4 Å². The fourth-order valence-electron chi connectivity index (χ4n) is 2.99. The van der Waals surface area contributed by atoms with Crippen molar-refractivity contribution >= 4 is 11.5 Å². The van der Waals surface area contributed by atoms with Gasteiger partial charge in [-0.25, -0.2) is 0 Å². The molecule has 0 heterocycles. The van der Waals surface area contributed by atoms with Gasteiger partial charge in [0.05, 0.1) is 6.04 Å². The van der Waals surface area contributed by atoms with Crippen molar-refractivity contribution in [3.8, 4) is 0 Å². The van der Waals surface area contributed by atoms with Gasteiger partial charge in [0.2, 0.25) is 0 Å². The molecule has 0 amide bonds. The molecule has 0 aliphatic heterocycles. The minimum atomic E-state index is 0.0774. The third kappa shape index (κ3) is 2.74. The van der Waals surface area contributed by atoms with Crippen LogP contribution >= 0.6 is 0 Å². The van der Waals surface area contributed by atoms with Gasteiger partial charge in [-0.05, 0) is 30.5 Å². The number of carbonyl (C=O) groups is 1. The molecule has 0 aromatic heterocycles. The van der Waals surface area contributed by atoms with E-state index in [9.17, 15) is 4.79 Å². The largest absolute Gasteiger partial charge is 0.378 e. The molecule has 2 aromatic rings. The maximum atomic E-state index is 12.1. The van der Waals surface area contributed by atoms with E-state index >= 15 is 0 Å². The minimum absolute atomic E-state index is 0.0774. The first-order chi connectivity index (χ1) is 9.84. The van der Waals surface area contributed by atoms with Gasteiger partial charge < -0.3 is 5.32 Å². The number of carbonyl (C=O) groups excluding carboxylic acids is 1. The Balaban J connectivity index is 1.89. The summed E-state index contributed by atoms with van der Waals surface area (Å²) in [5.74, 6) is 0.486. The summed E-state index contributed by atoms with van der Waals surface area (Å²) in [6, 6.07) is 20.5. The number of hydrogen-bond acceptors (Lipinski definition) is 2. The molecule has 1 saturated carbocycles. The smallest absolute Gasteiger partial charge is 0.138 e.